The van der Waals surface area contributed by atoms with Crippen LogP contribution in [0.5, 0.6) is 0 Å². The lowest BCUT2D eigenvalue weighted by Crippen LogP contribution is -2.42. The van der Waals surface area contributed by atoms with Crippen LogP contribution in [0.2, 0.25) is 0 Å². The summed E-state index contributed by atoms with van der Waals surface area (Å²) in [5, 5.41) is 15.1. The maximum absolute atomic E-state index is 12.1. The molecule has 2 rings (SSSR count). The lowest BCUT2D eigenvalue weighted by atomic mass is 10.0. The van der Waals surface area contributed by atoms with Gasteiger partial charge in [-0.05, 0) is 18.4 Å². The largest absolute Gasteiger partial charge is 0.396 e. The van der Waals surface area contributed by atoms with E-state index in [-0.39, 0.29) is 30.6 Å². The Morgan fingerprint density at radius 3 is 2.71 bits per heavy atom. The summed E-state index contributed by atoms with van der Waals surface area (Å²) in [7, 11) is 0. The van der Waals surface area contributed by atoms with Gasteiger partial charge in [0, 0.05) is 18.6 Å². The van der Waals surface area contributed by atoms with Crippen LogP contribution in [0.3, 0.4) is 0 Å². The molecule has 21 heavy (non-hydrogen) atoms. The summed E-state index contributed by atoms with van der Waals surface area (Å²) in [6, 6.07) is 9.94. The standard InChI is InChI=1S/C17H24N2O2/c1-2-6-16(14-7-4-3-5-8-14)19-17(21)18-15-10-9-13(11-15)12-20/h3-5,7-10,13,15-16,20H,2,6,11-12H2,1H3,(H2,18,19,21)/t13-,15+,16-/m0/s1. The second kappa shape index (κ2) is 7.84. The van der Waals surface area contributed by atoms with E-state index >= 15 is 0 Å². The van der Waals surface area contributed by atoms with E-state index in [9.17, 15) is 4.79 Å². The van der Waals surface area contributed by atoms with Crippen LogP contribution in [0, 0.1) is 5.92 Å². The molecule has 1 aliphatic rings. The number of nitrogens with one attached hydrogen (secondary N) is 2. The first-order chi connectivity index (χ1) is 10.2. The Labute approximate surface area is 126 Å². The smallest absolute Gasteiger partial charge is 0.315 e. The van der Waals surface area contributed by atoms with Gasteiger partial charge in [-0.1, -0.05) is 55.8 Å². The number of hydrogen-bond donors (Lipinski definition) is 3. The Hall–Kier alpha value is -1.81. The van der Waals surface area contributed by atoms with Crippen molar-refractivity contribution in [3.8, 4) is 0 Å². The maximum Gasteiger partial charge on any atom is 0.315 e. The van der Waals surface area contributed by atoms with Crippen molar-refractivity contribution in [2.75, 3.05) is 6.61 Å². The molecule has 3 N–H and O–H groups in total. The van der Waals surface area contributed by atoms with E-state index in [2.05, 4.69) is 17.6 Å². The van der Waals surface area contributed by atoms with Crippen molar-refractivity contribution >= 4 is 6.03 Å². The fraction of sp³-hybridized carbons (Fsp3) is 0.471. The molecular formula is C17H24N2O2. The molecule has 0 radical (unpaired) electrons. The molecule has 0 saturated carbocycles. The number of rotatable bonds is 6. The molecule has 0 fully saturated rings. The molecule has 1 aliphatic carbocycles. The molecule has 3 atom stereocenters. The highest BCUT2D eigenvalue weighted by Gasteiger charge is 2.21. The van der Waals surface area contributed by atoms with E-state index in [0.29, 0.717) is 0 Å². The Morgan fingerprint density at radius 2 is 2.10 bits per heavy atom. The normalized spacial score (nSPS) is 22.0. The predicted octanol–water partition coefficient (Wildman–Crippen LogP) is 2.76. The quantitative estimate of drug-likeness (QED) is 0.705. The van der Waals surface area contributed by atoms with Crippen molar-refractivity contribution in [1.82, 2.24) is 10.6 Å². The molecule has 0 spiro atoms. The van der Waals surface area contributed by atoms with Gasteiger partial charge in [-0.2, -0.15) is 0 Å². The Balaban J connectivity index is 1.89. The number of amides is 2. The van der Waals surface area contributed by atoms with Gasteiger partial charge in [-0.25, -0.2) is 4.79 Å². The minimum Gasteiger partial charge on any atom is -0.396 e. The Bertz CT molecular complexity index is 473. The first-order valence-corrected chi connectivity index (χ1v) is 7.64. The highest BCUT2D eigenvalue weighted by Crippen LogP contribution is 2.19. The number of carbonyl (C=O) groups is 1. The third kappa shape index (κ3) is 4.60. The predicted molar refractivity (Wildman–Crippen MR) is 83.9 cm³/mol. The van der Waals surface area contributed by atoms with Crippen LogP contribution in [-0.4, -0.2) is 23.8 Å². The maximum atomic E-state index is 12.1. The second-order valence-corrected chi connectivity index (χ2v) is 5.54. The van der Waals surface area contributed by atoms with Gasteiger partial charge < -0.3 is 15.7 Å². The summed E-state index contributed by atoms with van der Waals surface area (Å²) in [5.74, 6) is 0.163. The van der Waals surface area contributed by atoms with Gasteiger partial charge in [0.1, 0.15) is 0 Å². The van der Waals surface area contributed by atoms with Crippen LogP contribution in [0.15, 0.2) is 42.5 Å². The summed E-state index contributed by atoms with van der Waals surface area (Å²) >= 11 is 0. The molecular weight excluding hydrogens is 264 g/mol. The third-order valence-electron chi connectivity index (χ3n) is 3.81. The fourth-order valence-electron chi connectivity index (χ4n) is 2.68. The molecule has 0 aliphatic heterocycles. The monoisotopic (exact) mass is 288 g/mol. The van der Waals surface area contributed by atoms with Crippen molar-refractivity contribution in [1.29, 1.82) is 0 Å². The minimum atomic E-state index is -0.148. The van der Waals surface area contributed by atoms with Crippen molar-refractivity contribution in [2.24, 2.45) is 5.92 Å². The Kier molecular flexibility index (Phi) is 5.81. The summed E-state index contributed by atoms with van der Waals surface area (Å²) in [5.41, 5.74) is 1.13. The molecule has 1 aromatic carbocycles. The summed E-state index contributed by atoms with van der Waals surface area (Å²) < 4.78 is 0. The second-order valence-electron chi connectivity index (χ2n) is 5.54. The van der Waals surface area contributed by atoms with E-state index in [1.54, 1.807) is 0 Å². The van der Waals surface area contributed by atoms with Crippen LogP contribution in [0.25, 0.3) is 0 Å². The average Bonchev–Trinajstić information content (AvgIpc) is 2.95. The van der Waals surface area contributed by atoms with Crippen LogP contribution in [-0.2, 0) is 0 Å². The van der Waals surface area contributed by atoms with Crippen molar-refractivity contribution in [3.05, 3.63) is 48.0 Å². The van der Waals surface area contributed by atoms with E-state index in [0.717, 1.165) is 24.8 Å². The molecule has 0 aromatic heterocycles. The zero-order valence-electron chi connectivity index (χ0n) is 12.5. The van der Waals surface area contributed by atoms with Gasteiger partial charge >= 0.3 is 6.03 Å². The zero-order chi connectivity index (χ0) is 15.1. The molecule has 4 heteroatoms. The molecule has 2 amide bonds. The van der Waals surface area contributed by atoms with E-state index in [1.807, 2.05) is 42.5 Å². The first-order valence-electron chi connectivity index (χ1n) is 7.64. The lowest BCUT2D eigenvalue weighted by molar-refractivity contribution is 0.228. The molecule has 114 valence electrons. The molecule has 0 bridgehead atoms. The number of hydrogen-bond acceptors (Lipinski definition) is 2. The van der Waals surface area contributed by atoms with Gasteiger partial charge in [0.15, 0.2) is 0 Å². The number of benzene rings is 1. The van der Waals surface area contributed by atoms with Crippen LogP contribution < -0.4 is 10.6 Å². The minimum absolute atomic E-state index is 0.0141. The van der Waals surface area contributed by atoms with Gasteiger partial charge in [0.05, 0.1) is 6.04 Å². The van der Waals surface area contributed by atoms with Gasteiger partial charge in [-0.15, -0.1) is 0 Å². The molecule has 0 heterocycles. The fourth-order valence-corrected chi connectivity index (χ4v) is 2.68. The van der Waals surface area contributed by atoms with E-state index < -0.39 is 0 Å². The molecule has 0 unspecified atom stereocenters. The van der Waals surface area contributed by atoms with Gasteiger partial charge in [0.2, 0.25) is 0 Å². The number of aliphatic hydroxyl groups is 1. The topological polar surface area (TPSA) is 61.4 Å². The number of urea groups is 1. The Morgan fingerprint density at radius 1 is 1.33 bits per heavy atom. The lowest BCUT2D eigenvalue weighted by Gasteiger charge is -2.21. The molecule has 0 saturated heterocycles. The van der Waals surface area contributed by atoms with Crippen molar-refractivity contribution in [2.45, 2.75) is 38.3 Å². The van der Waals surface area contributed by atoms with Crippen LogP contribution in [0.4, 0.5) is 4.79 Å². The van der Waals surface area contributed by atoms with Crippen molar-refractivity contribution < 1.29 is 9.90 Å². The first kappa shape index (κ1) is 15.6. The zero-order valence-corrected chi connectivity index (χ0v) is 12.5. The van der Waals surface area contributed by atoms with E-state index in [1.165, 1.54) is 0 Å². The highest BCUT2D eigenvalue weighted by atomic mass is 16.3. The van der Waals surface area contributed by atoms with Gasteiger partial charge in [0.25, 0.3) is 0 Å². The SMILES string of the molecule is CCC[C@H](NC(=O)N[C@@H]1C=C[C@H](CO)C1)c1ccccc1. The number of aliphatic hydroxyl groups excluding tert-OH is 1. The van der Waals surface area contributed by atoms with Crippen molar-refractivity contribution in [3.63, 3.8) is 0 Å². The third-order valence-corrected chi connectivity index (χ3v) is 3.81. The molecule has 1 aromatic rings. The summed E-state index contributed by atoms with van der Waals surface area (Å²) in [6.07, 6.45) is 6.62. The average molecular weight is 288 g/mol. The van der Waals surface area contributed by atoms with Crippen LogP contribution >= 0.6 is 0 Å². The van der Waals surface area contributed by atoms with Gasteiger partial charge in [-0.3, -0.25) is 0 Å². The molecule has 4 nitrogen and oxygen atoms in total. The number of carbonyl (C=O) groups excluding carboxylic acids is 1. The van der Waals surface area contributed by atoms with Crippen LogP contribution in [0.1, 0.15) is 37.8 Å². The summed E-state index contributed by atoms with van der Waals surface area (Å²) in [4.78, 5) is 12.1. The van der Waals surface area contributed by atoms with E-state index in [4.69, 9.17) is 5.11 Å². The summed E-state index contributed by atoms with van der Waals surface area (Å²) in [6.45, 7) is 2.25. The highest BCUT2D eigenvalue weighted by molar-refractivity contribution is 5.75.